The molecular formula is C8H16O3. The van der Waals surface area contributed by atoms with E-state index in [0.717, 1.165) is 19.3 Å². The van der Waals surface area contributed by atoms with Gasteiger partial charge in [-0.05, 0) is 6.42 Å². The predicted octanol–water partition coefficient (Wildman–Crippen LogP) is 1.26. The summed E-state index contributed by atoms with van der Waals surface area (Å²) in [5, 5.41) is 17.1. The summed E-state index contributed by atoms with van der Waals surface area (Å²) in [7, 11) is 0. The minimum Gasteiger partial charge on any atom is -0.481 e. The monoisotopic (exact) mass is 160 g/mol. The molecule has 0 bridgehead atoms. The van der Waals surface area contributed by atoms with Crippen molar-refractivity contribution in [3.63, 3.8) is 0 Å². The van der Waals surface area contributed by atoms with Crippen molar-refractivity contribution in [3.05, 3.63) is 0 Å². The minimum absolute atomic E-state index is 0.237. The molecular weight excluding hydrogens is 144 g/mol. The Labute approximate surface area is 67.0 Å². The molecule has 2 N–H and O–H groups in total. The van der Waals surface area contributed by atoms with Gasteiger partial charge in [-0.25, -0.2) is 0 Å². The van der Waals surface area contributed by atoms with Crippen LogP contribution in [0, 0.1) is 5.92 Å². The normalized spacial score (nSPS) is 12.9. The molecule has 0 unspecified atom stereocenters. The molecule has 0 aliphatic carbocycles. The highest BCUT2D eigenvalue weighted by atomic mass is 16.4. The average molecular weight is 160 g/mol. The Morgan fingerprint density at radius 3 is 2.45 bits per heavy atom. The van der Waals surface area contributed by atoms with Gasteiger partial charge < -0.3 is 10.2 Å². The maximum atomic E-state index is 10.4. The lowest BCUT2D eigenvalue weighted by atomic mass is 10.0. The first-order chi connectivity index (χ1) is 5.22. The van der Waals surface area contributed by atoms with Gasteiger partial charge in [0.25, 0.3) is 0 Å². The average Bonchev–Trinajstić information content (AvgIpc) is 1.97. The topological polar surface area (TPSA) is 57.5 Å². The molecule has 0 saturated carbocycles. The summed E-state index contributed by atoms with van der Waals surface area (Å²) in [6.07, 6.45) is 3.62. The molecule has 3 heteroatoms. The largest absolute Gasteiger partial charge is 0.481 e. The zero-order valence-electron chi connectivity index (χ0n) is 6.92. The van der Waals surface area contributed by atoms with E-state index >= 15 is 0 Å². The van der Waals surface area contributed by atoms with Gasteiger partial charge in [0.2, 0.25) is 0 Å². The molecule has 3 nitrogen and oxygen atoms in total. The summed E-state index contributed by atoms with van der Waals surface area (Å²) in [5.74, 6) is -1.44. The van der Waals surface area contributed by atoms with Crippen LogP contribution in [0.1, 0.15) is 32.6 Å². The summed E-state index contributed by atoms with van der Waals surface area (Å²) in [5.41, 5.74) is 0. The second-order valence-electron chi connectivity index (χ2n) is 2.71. The van der Waals surface area contributed by atoms with Gasteiger partial charge in [-0.2, -0.15) is 0 Å². The number of carboxylic acid groups (broad SMARTS) is 1. The van der Waals surface area contributed by atoms with Gasteiger partial charge in [0, 0.05) is 0 Å². The molecule has 0 saturated heterocycles. The fourth-order valence-electron chi connectivity index (χ4n) is 0.934. The quantitative estimate of drug-likeness (QED) is 0.575. The summed E-state index contributed by atoms with van der Waals surface area (Å²) >= 11 is 0. The van der Waals surface area contributed by atoms with E-state index in [4.69, 9.17) is 10.2 Å². The van der Waals surface area contributed by atoms with Gasteiger partial charge in [-0.15, -0.1) is 0 Å². The van der Waals surface area contributed by atoms with Gasteiger partial charge in [0.05, 0.1) is 12.5 Å². The van der Waals surface area contributed by atoms with Crippen molar-refractivity contribution in [1.82, 2.24) is 0 Å². The van der Waals surface area contributed by atoms with E-state index in [2.05, 4.69) is 6.92 Å². The maximum absolute atomic E-state index is 10.4. The van der Waals surface area contributed by atoms with Crippen LogP contribution in [0.4, 0.5) is 0 Å². The van der Waals surface area contributed by atoms with Crippen molar-refractivity contribution in [2.45, 2.75) is 32.6 Å². The van der Waals surface area contributed by atoms with E-state index in [0.29, 0.717) is 6.42 Å². The van der Waals surface area contributed by atoms with Crippen molar-refractivity contribution in [2.24, 2.45) is 5.92 Å². The van der Waals surface area contributed by atoms with Crippen molar-refractivity contribution in [2.75, 3.05) is 6.61 Å². The highest BCUT2D eigenvalue weighted by molar-refractivity contribution is 5.69. The van der Waals surface area contributed by atoms with Crippen molar-refractivity contribution in [1.29, 1.82) is 0 Å². The van der Waals surface area contributed by atoms with Crippen LogP contribution in [0.5, 0.6) is 0 Å². The van der Waals surface area contributed by atoms with Crippen molar-refractivity contribution >= 4 is 5.97 Å². The third-order valence-corrected chi connectivity index (χ3v) is 1.73. The number of carbonyl (C=O) groups is 1. The summed E-state index contributed by atoms with van der Waals surface area (Å²) < 4.78 is 0. The smallest absolute Gasteiger partial charge is 0.308 e. The van der Waals surface area contributed by atoms with Gasteiger partial charge >= 0.3 is 5.97 Å². The number of hydrogen-bond donors (Lipinski definition) is 2. The third kappa shape index (κ3) is 4.79. The number of unbranched alkanes of at least 4 members (excludes halogenated alkanes) is 2. The highest BCUT2D eigenvalue weighted by Gasteiger charge is 2.14. The van der Waals surface area contributed by atoms with Crippen LogP contribution >= 0.6 is 0 Å². The number of rotatable bonds is 6. The van der Waals surface area contributed by atoms with Crippen LogP contribution in [0.2, 0.25) is 0 Å². The number of aliphatic hydroxyl groups excluding tert-OH is 1. The molecule has 0 aromatic heterocycles. The molecule has 66 valence electrons. The van der Waals surface area contributed by atoms with Crippen LogP contribution in [-0.2, 0) is 4.79 Å². The SMILES string of the molecule is CCCCC[C@@H](CO)C(=O)O. The lowest BCUT2D eigenvalue weighted by Gasteiger charge is -2.06. The van der Waals surface area contributed by atoms with Gasteiger partial charge in [0.1, 0.15) is 0 Å². The van der Waals surface area contributed by atoms with Crippen LogP contribution < -0.4 is 0 Å². The number of carboxylic acids is 1. The van der Waals surface area contributed by atoms with Crippen LogP contribution in [0.25, 0.3) is 0 Å². The van der Waals surface area contributed by atoms with Gasteiger partial charge in [-0.1, -0.05) is 26.2 Å². The lowest BCUT2D eigenvalue weighted by molar-refractivity contribution is -0.143. The molecule has 0 spiro atoms. The van der Waals surface area contributed by atoms with E-state index < -0.39 is 11.9 Å². The summed E-state index contributed by atoms with van der Waals surface area (Å²) in [6.45, 7) is 1.83. The first-order valence-corrected chi connectivity index (χ1v) is 4.06. The van der Waals surface area contributed by atoms with E-state index in [9.17, 15) is 4.79 Å². The van der Waals surface area contributed by atoms with Gasteiger partial charge in [-0.3, -0.25) is 4.79 Å². The van der Waals surface area contributed by atoms with E-state index in [-0.39, 0.29) is 6.61 Å². The Hall–Kier alpha value is -0.570. The van der Waals surface area contributed by atoms with E-state index in [1.807, 2.05) is 0 Å². The zero-order chi connectivity index (χ0) is 8.69. The highest BCUT2D eigenvalue weighted by Crippen LogP contribution is 2.08. The molecule has 0 amide bonds. The molecule has 11 heavy (non-hydrogen) atoms. The Balaban J connectivity index is 3.44. The molecule has 0 aromatic rings. The van der Waals surface area contributed by atoms with E-state index in [1.54, 1.807) is 0 Å². The number of aliphatic carboxylic acids is 1. The second-order valence-corrected chi connectivity index (χ2v) is 2.71. The molecule has 0 heterocycles. The summed E-state index contributed by atoms with van der Waals surface area (Å²) in [4.78, 5) is 10.4. The number of hydrogen-bond acceptors (Lipinski definition) is 2. The Morgan fingerprint density at radius 2 is 2.09 bits per heavy atom. The van der Waals surface area contributed by atoms with Crippen LogP contribution in [-0.4, -0.2) is 22.8 Å². The van der Waals surface area contributed by atoms with E-state index in [1.165, 1.54) is 0 Å². The first-order valence-electron chi connectivity index (χ1n) is 4.06. The third-order valence-electron chi connectivity index (χ3n) is 1.73. The molecule has 0 aromatic carbocycles. The van der Waals surface area contributed by atoms with Gasteiger partial charge in [0.15, 0.2) is 0 Å². The first kappa shape index (κ1) is 10.4. The summed E-state index contributed by atoms with van der Waals surface area (Å²) in [6, 6.07) is 0. The lowest BCUT2D eigenvalue weighted by Crippen LogP contribution is -2.17. The number of aliphatic hydroxyl groups is 1. The Bertz CT molecular complexity index is 112. The fourth-order valence-corrected chi connectivity index (χ4v) is 0.934. The molecule has 0 aliphatic rings. The molecule has 1 atom stereocenters. The predicted molar refractivity (Wildman–Crippen MR) is 42.4 cm³/mol. The fraction of sp³-hybridized carbons (Fsp3) is 0.875. The Morgan fingerprint density at radius 1 is 1.45 bits per heavy atom. The van der Waals surface area contributed by atoms with Crippen LogP contribution in [0.15, 0.2) is 0 Å². The zero-order valence-corrected chi connectivity index (χ0v) is 6.92. The second kappa shape index (κ2) is 6.16. The molecule has 0 aliphatic heterocycles. The molecule has 0 rings (SSSR count). The minimum atomic E-state index is -0.886. The molecule has 0 radical (unpaired) electrons. The van der Waals surface area contributed by atoms with Crippen LogP contribution in [0.3, 0.4) is 0 Å². The van der Waals surface area contributed by atoms with Crippen molar-refractivity contribution < 1.29 is 15.0 Å². The molecule has 0 fully saturated rings. The van der Waals surface area contributed by atoms with Crippen molar-refractivity contribution in [3.8, 4) is 0 Å². The standard InChI is InChI=1S/C8H16O3/c1-2-3-4-5-7(6-9)8(10)11/h7,9H,2-6H2,1H3,(H,10,11)/t7-/m0/s1. The Kier molecular flexibility index (Phi) is 5.84. The maximum Gasteiger partial charge on any atom is 0.308 e.